The summed E-state index contributed by atoms with van der Waals surface area (Å²) in [6, 6.07) is 5.53. The smallest absolute Gasteiger partial charge is 0.240 e. The van der Waals surface area contributed by atoms with Gasteiger partial charge in [0.25, 0.3) is 0 Å². The summed E-state index contributed by atoms with van der Waals surface area (Å²) < 4.78 is 38.5. The standard InChI is InChI=1S/C18H27NO4S/c20-24(21,18-9-8-15-5-1-2-6-16(15)13-18)19-10-4-11-22-14-17-7-3-12-23-17/h8-9,13,17,19H,1-7,10-12,14H2. The number of hydrogen-bond donors (Lipinski definition) is 1. The summed E-state index contributed by atoms with van der Waals surface area (Å²) in [5, 5.41) is 0. The molecule has 0 saturated carbocycles. The zero-order chi connectivity index (χ0) is 16.8. The monoisotopic (exact) mass is 353 g/mol. The molecule has 1 heterocycles. The van der Waals surface area contributed by atoms with Crippen LogP contribution in [-0.2, 0) is 32.3 Å². The predicted octanol–water partition coefficient (Wildman–Crippen LogP) is 2.43. The summed E-state index contributed by atoms with van der Waals surface area (Å²) in [5.74, 6) is 0. The molecule has 0 spiro atoms. The van der Waals surface area contributed by atoms with E-state index in [0.29, 0.717) is 31.1 Å². The average molecular weight is 353 g/mol. The lowest BCUT2D eigenvalue weighted by atomic mass is 9.92. The number of aryl methyl sites for hydroxylation is 2. The van der Waals surface area contributed by atoms with Crippen LogP contribution >= 0.6 is 0 Å². The number of rotatable bonds is 8. The van der Waals surface area contributed by atoms with Crippen LogP contribution in [0.5, 0.6) is 0 Å². The van der Waals surface area contributed by atoms with Gasteiger partial charge in [0.05, 0.1) is 17.6 Å². The summed E-state index contributed by atoms with van der Waals surface area (Å²) in [6.45, 7) is 2.38. The predicted molar refractivity (Wildman–Crippen MR) is 92.7 cm³/mol. The molecule has 24 heavy (non-hydrogen) atoms. The molecule has 1 fully saturated rings. The second-order valence-corrected chi connectivity index (χ2v) is 8.37. The number of sulfonamides is 1. The molecule has 5 nitrogen and oxygen atoms in total. The van der Waals surface area contributed by atoms with E-state index in [1.54, 1.807) is 6.07 Å². The molecule has 0 bridgehead atoms. The van der Waals surface area contributed by atoms with Gasteiger partial charge < -0.3 is 9.47 Å². The van der Waals surface area contributed by atoms with E-state index in [-0.39, 0.29) is 6.10 Å². The molecule has 6 heteroatoms. The lowest BCUT2D eigenvalue weighted by Gasteiger charge is -2.16. The minimum absolute atomic E-state index is 0.220. The van der Waals surface area contributed by atoms with E-state index in [1.807, 2.05) is 12.1 Å². The normalized spacial score (nSPS) is 20.9. The van der Waals surface area contributed by atoms with Crippen LogP contribution in [0, 0.1) is 0 Å². The third-order valence-corrected chi connectivity index (χ3v) is 6.17. The minimum Gasteiger partial charge on any atom is -0.379 e. The maximum Gasteiger partial charge on any atom is 0.240 e. The van der Waals surface area contributed by atoms with Crippen LogP contribution in [0.2, 0.25) is 0 Å². The van der Waals surface area contributed by atoms with Gasteiger partial charge in [-0.3, -0.25) is 0 Å². The van der Waals surface area contributed by atoms with Gasteiger partial charge in [0.2, 0.25) is 10.0 Å². The van der Waals surface area contributed by atoms with Gasteiger partial charge in [-0.25, -0.2) is 13.1 Å². The Kier molecular flexibility index (Phi) is 6.27. The third-order valence-electron chi connectivity index (χ3n) is 4.72. The van der Waals surface area contributed by atoms with Crippen molar-refractivity contribution < 1.29 is 17.9 Å². The fraction of sp³-hybridized carbons (Fsp3) is 0.667. The molecule has 1 aliphatic heterocycles. The third kappa shape index (κ3) is 4.79. The first-order valence-corrected chi connectivity index (χ1v) is 10.4. The molecule has 1 aliphatic carbocycles. The van der Waals surface area contributed by atoms with Gasteiger partial charge in [-0.1, -0.05) is 6.07 Å². The number of ether oxygens (including phenoxy) is 2. The van der Waals surface area contributed by atoms with Crippen molar-refractivity contribution in [2.24, 2.45) is 0 Å². The molecule has 0 amide bonds. The highest BCUT2D eigenvalue weighted by Crippen LogP contribution is 2.24. The van der Waals surface area contributed by atoms with Gasteiger partial charge in [0.15, 0.2) is 0 Å². The molecular formula is C18H27NO4S. The fourth-order valence-corrected chi connectivity index (χ4v) is 4.46. The molecule has 1 unspecified atom stereocenters. The molecule has 0 radical (unpaired) electrons. The average Bonchev–Trinajstić information content (AvgIpc) is 3.11. The number of nitrogens with one attached hydrogen (secondary N) is 1. The lowest BCUT2D eigenvalue weighted by molar-refractivity contribution is 0.0169. The molecule has 1 aromatic rings. The molecule has 1 N–H and O–H groups in total. The largest absolute Gasteiger partial charge is 0.379 e. The van der Waals surface area contributed by atoms with Crippen LogP contribution in [-0.4, -0.2) is 40.9 Å². The zero-order valence-electron chi connectivity index (χ0n) is 14.1. The second kappa shape index (κ2) is 8.43. The van der Waals surface area contributed by atoms with Crippen molar-refractivity contribution >= 4 is 10.0 Å². The Balaban J connectivity index is 1.42. The van der Waals surface area contributed by atoms with E-state index >= 15 is 0 Å². The quantitative estimate of drug-likeness (QED) is 0.729. The fourth-order valence-electron chi connectivity index (χ4n) is 3.33. The Morgan fingerprint density at radius 3 is 2.79 bits per heavy atom. The minimum atomic E-state index is -3.43. The van der Waals surface area contributed by atoms with Crippen molar-refractivity contribution in [3.63, 3.8) is 0 Å². The maximum absolute atomic E-state index is 12.4. The van der Waals surface area contributed by atoms with Crippen LogP contribution in [0.1, 0.15) is 43.2 Å². The van der Waals surface area contributed by atoms with E-state index in [1.165, 1.54) is 17.5 Å². The highest BCUT2D eigenvalue weighted by Gasteiger charge is 2.18. The first-order valence-electron chi connectivity index (χ1n) is 8.96. The Bertz CT molecular complexity index is 638. The zero-order valence-corrected chi connectivity index (χ0v) is 14.9. The lowest BCUT2D eigenvalue weighted by Crippen LogP contribution is -2.26. The molecule has 2 aliphatic rings. The van der Waals surface area contributed by atoms with Crippen molar-refractivity contribution in [1.82, 2.24) is 4.72 Å². The number of benzene rings is 1. The van der Waals surface area contributed by atoms with E-state index < -0.39 is 10.0 Å². The second-order valence-electron chi connectivity index (χ2n) is 6.60. The van der Waals surface area contributed by atoms with Crippen LogP contribution in [0.25, 0.3) is 0 Å². The highest BCUT2D eigenvalue weighted by atomic mass is 32.2. The van der Waals surface area contributed by atoms with Crippen LogP contribution < -0.4 is 4.72 Å². The number of hydrogen-bond acceptors (Lipinski definition) is 4. The van der Waals surface area contributed by atoms with Crippen molar-refractivity contribution in [3.05, 3.63) is 29.3 Å². The van der Waals surface area contributed by atoms with Gasteiger partial charge in [-0.2, -0.15) is 0 Å². The van der Waals surface area contributed by atoms with E-state index in [9.17, 15) is 8.42 Å². The summed E-state index contributed by atoms with van der Waals surface area (Å²) >= 11 is 0. The molecule has 3 rings (SSSR count). The van der Waals surface area contributed by atoms with Crippen LogP contribution in [0.15, 0.2) is 23.1 Å². The molecule has 0 aromatic heterocycles. The van der Waals surface area contributed by atoms with Gasteiger partial charge in [-0.05, 0) is 68.2 Å². The maximum atomic E-state index is 12.4. The first-order chi connectivity index (χ1) is 11.6. The van der Waals surface area contributed by atoms with Crippen molar-refractivity contribution in [2.75, 3.05) is 26.4 Å². The van der Waals surface area contributed by atoms with Gasteiger partial charge >= 0.3 is 0 Å². The Morgan fingerprint density at radius 1 is 1.17 bits per heavy atom. The number of fused-ring (bicyclic) bond motifs is 1. The molecule has 1 aromatic carbocycles. The van der Waals surface area contributed by atoms with Gasteiger partial charge in [-0.15, -0.1) is 0 Å². The Morgan fingerprint density at radius 2 is 2.00 bits per heavy atom. The first kappa shape index (κ1) is 17.9. The summed E-state index contributed by atoms with van der Waals surface area (Å²) in [5.41, 5.74) is 2.48. The van der Waals surface area contributed by atoms with Crippen molar-refractivity contribution in [3.8, 4) is 0 Å². The van der Waals surface area contributed by atoms with Crippen LogP contribution in [0.4, 0.5) is 0 Å². The molecular weight excluding hydrogens is 326 g/mol. The van der Waals surface area contributed by atoms with Gasteiger partial charge in [0, 0.05) is 19.8 Å². The Hall–Kier alpha value is -0.950. The highest BCUT2D eigenvalue weighted by molar-refractivity contribution is 7.89. The summed E-state index contributed by atoms with van der Waals surface area (Å²) in [7, 11) is -3.43. The SMILES string of the molecule is O=S(=O)(NCCCOCC1CCCO1)c1ccc2c(c1)CCCC2. The van der Waals surface area contributed by atoms with Crippen LogP contribution in [0.3, 0.4) is 0 Å². The summed E-state index contributed by atoms with van der Waals surface area (Å²) in [6.07, 6.45) is 7.43. The Labute approximate surface area is 144 Å². The van der Waals surface area contributed by atoms with Gasteiger partial charge in [0.1, 0.15) is 0 Å². The molecule has 134 valence electrons. The van der Waals surface area contributed by atoms with E-state index in [2.05, 4.69) is 4.72 Å². The van der Waals surface area contributed by atoms with Crippen molar-refractivity contribution in [2.45, 2.75) is 55.9 Å². The molecule has 1 atom stereocenters. The van der Waals surface area contributed by atoms with E-state index in [0.717, 1.165) is 38.7 Å². The summed E-state index contributed by atoms with van der Waals surface area (Å²) in [4.78, 5) is 0.378. The van der Waals surface area contributed by atoms with Crippen molar-refractivity contribution in [1.29, 1.82) is 0 Å². The van der Waals surface area contributed by atoms with E-state index in [4.69, 9.17) is 9.47 Å². The topological polar surface area (TPSA) is 64.6 Å². The molecule has 1 saturated heterocycles.